The molecule has 15 heavy (non-hydrogen) atoms. The average Bonchev–Trinajstić information content (AvgIpc) is 2.85. The van der Waals surface area contributed by atoms with Crippen LogP contribution in [-0.4, -0.2) is 29.0 Å². The lowest BCUT2D eigenvalue weighted by Gasteiger charge is -2.43. The lowest BCUT2D eigenvalue weighted by molar-refractivity contribution is -0.125. The molecule has 4 heteroatoms. The van der Waals surface area contributed by atoms with Gasteiger partial charge in [-0.1, -0.05) is 13.8 Å². The molecule has 0 aromatic rings. The van der Waals surface area contributed by atoms with E-state index >= 15 is 0 Å². The molecule has 0 aromatic heterocycles. The molecular formula is C11H20N2OS. The predicted octanol–water partition coefficient (Wildman–Crippen LogP) is 1.13. The van der Waals surface area contributed by atoms with Gasteiger partial charge in [0.1, 0.15) is 5.54 Å². The fraction of sp³-hybridized carbons (Fsp3) is 0.909. The van der Waals surface area contributed by atoms with Crippen LogP contribution in [-0.2, 0) is 4.79 Å². The molecule has 1 unspecified atom stereocenters. The maximum absolute atomic E-state index is 11.7. The van der Waals surface area contributed by atoms with Crippen LogP contribution in [0.5, 0.6) is 0 Å². The maximum Gasteiger partial charge on any atom is 0.238 e. The quantitative estimate of drug-likeness (QED) is 0.761. The number of thioether (sulfide) groups is 1. The van der Waals surface area contributed by atoms with Gasteiger partial charge in [0.05, 0.1) is 0 Å². The summed E-state index contributed by atoms with van der Waals surface area (Å²) in [6.07, 6.45) is 3.26. The minimum atomic E-state index is -0.451. The molecule has 0 aromatic carbocycles. The van der Waals surface area contributed by atoms with Gasteiger partial charge in [0.15, 0.2) is 0 Å². The van der Waals surface area contributed by atoms with E-state index in [0.717, 1.165) is 17.9 Å². The van der Waals surface area contributed by atoms with Crippen molar-refractivity contribution in [2.24, 2.45) is 11.1 Å². The van der Waals surface area contributed by atoms with Gasteiger partial charge in [-0.25, -0.2) is 0 Å². The Balaban J connectivity index is 2.13. The van der Waals surface area contributed by atoms with E-state index in [1.807, 2.05) is 11.8 Å². The van der Waals surface area contributed by atoms with Crippen LogP contribution in [0.4, 0.5) is 0 Å². The van der Waals surface area contributed by atoms with Crippen LogP contribution in [0.15, 0.2) is 0 Å². The highest BCUT2D eigenvalue weighted by atomic mass is 32.2. The number of carbonyl (C=O) groups excluding carboxylic acids is 1. The number of nitrogens with two attached hydrogens (primary N) is 1. The van der Waals surface area contributed by atoms with E-state index in [4.69, 9.17) is 5.73 Å². The number of carbonyl (C=O) groups is 1. The van der Waals surface area contributed by atoms with E-state index < -0.39 is 5.54 Å². The molecular weight excluding hydrogens is 208 g/mol. The van der Waals surface area contributed by atoms with Crippen molar-refractivity contribution in [1.29, 1.82) is 0 Å². The van der Waals surface area contributed by atoms with Gasteiger partial charge in [0.2, 0.25) is 5.91 Å². The monoisotopic (exact) mass is 228 g/mol. The van der Waals surface area contributed by atoms with Gasteiger partial charge >= 0.3 is 0 Å². The van der Waals surface area contributed by atoms with Crippen LogP contribution < -0.4 is 11.1 Å². The van der Waals surface area contributed by atoms with E-state index in [9.17, 15) is 4.79 Å². The minimum Gasteiger partial charge on any atom is -0.368 e. The summed E-state index contributed by atoms with van der Waals surface area (Å²) in [6, 6.07) is 0.534. The highest BCUT2D eigenvalue weighted by molar-refractivity contribution is 7.99. The SMILES string of the molecule is CC1(C)CSCC(NC2CC2)(C(N)=O)C1. The van der Waals surface area contributed by atoms with E-state index in [2.05, 4.69) is 19.2 Å². The highest BCUT2D eigenvalue weighted by Gasteiger charge is 2.47. The Morgan fingerprint density at radius 2 is 2.07 bits per heavy atom. The largest absolute Gasteiger partial charge is 0.368 e. The molecule has 0 radical (unpaired) electrons. The number of rotatable bonds is 3. The first-order valence-corrected chi connectivity index (χ1v) is 6.74. The smallest absolute Gasteiger partial charge is 0.238 e. The summed E-state index contributed by atoms with van der Waals surface area (Å²) < 4.78 is 0. The zero-order valence-corrected chi connectivity index (χ0v) is 10.3. The van der Waals surface area contributed by atoms with Crippen molar-refractivity contribution in [1.82, 2.24) is 5.32 Å². The van der Waals surface area contributed by atoms with Gasteiger partial charge in [-0.15, -0.1) is 0 Å². The second kappa shape index (κ2) is 3.67. The molecule has 1 heterocycles. The van der Waals surface area contributed by atoms with Crippen LogP contribution in [0, 0.1) is 5.41 Å². The van der Waals surface area contributed by atoms with Crippen molar-refractivity contribution in [3.05, 3.63) is 0 Å². The topological polar surface area (TPSA) is 55.1 Å². The fourth-order valence-electron chi connectivity index (χ4n) is 2.36. The third-order valence-corrected chi connectivity index (χ3v) is 4.83. The van der Waals surface area contributed by atoms with Crippen LogP contribution in [0.2, 0.25) is 0 Å². The van der Waals surface area contributed by atoms with Gasteiger partial charge < -0.3 is 5.73 Å². The molecule has 0 spiro atoms. The molecule has 1 aliphatic carbocycles. The molecule has 2 aliphatic rings. The Labute approximate surface area is 95.6 Å². The Kier molecular flexibility index (Phi) is 2.75. The van der Waals surface area contributed by atoms with Gasteiger partial charge in [0.25, 0.3) is 0 Å². The van der Waals surface area contributed by atoms with Crippen molar-refractivity contribution < 1.29 is 4.79 Å². The lowest BCUT2D eigenvalue weighted by atomic mass is 9.79. The summed E-state index contributed by atoms with van der Waals surface area (Å²) in [5.41, 5.74) is 5.34. The number of primary amides is 1. The molecule has 0 bridgehead atoms. The number of amides is 1. The minimum absolute atomic E-state index is 0.172. The van der Waals surface area contributed by atoms with Gasteiger partial charge in [-0.3, -0.25) is 10.1 Å². The zero-order chi connectivity index (χ0) is 11.1. The van der Waals surface area contributed by atoms with Crippen LogP contribution in [0.25, 0.3) is 0 Å². The molecule has 86 valence electrons. The van der Waals surface area contributed by atoms with Gasteiger partial charge in [0, 0.05) is 11.8 Å². The van der Waals surface area contributed by atoms with Crippen LogP contribution >= 0.6 is 11.8 Å². The normalized spacial score (nSPS) is 35.1. The van der Waals surface area contributed by atoms with Crippen LogP contribution in [0.1, 0.15) is 33.1 Å². The standard InChI is InChI=1S/C11H20N2OS/c1-10(2)5-11(9(12)14,7-15-6-10)13-8-3-4-8/h8,13H,3-7H2,1-2H3,(H2,12,14). The Morgan fingerprint density at radius 3 is 2.53 bits per heavy atom. The Morgan fingerprint density at radius 1 is 1.40 bits per heavy atom. The molecule has 2 rings (SSSR count). The summed E-state index contributed by atoms with van der Waals surface area (Å²) in [7, 11) is 0. The second-order valence-corrected chi connectivity index (χ2v) is 6.68. The van der Waals surface area contributed by atoms with E-state index in [0.29, 0.717) is 6.04 Å². The molecule has 1 amide bonds. The first-order valence-electron chi connectivity index (χ1n) is 5.59. The first-order chi connectivity index (χ1) is 6.94. The van der Waals surface area contributed by atoms with E-state index in [1.54, 1.807) is 0 Å². The zero-order valence-electron chi connectivity index (χ0n) is 9.51. The average molecular weight is 228 g/mol. The third-order valence-electron chi connectivity index (χ3n) is 3.15. The van der Waals surface area contributed by atoms with Crippen molar-refractivity contribution in [3.63, 3.8) is 0 Å². The predicted molar refractivity (Wildman–Crippen MR) is 63.8 cm³/mol. The van der Waals surface area contributed by atoms with Gasteiger partial charge in [-0.05, 0) is 30.4 Å². The maximum atomic E-state index is 11.7. The molecule has 1 saturated carbocycles. The molecule has 1 atom stereocenters. The molecule has 3 N–H and O–H groups in total. The molecule has 2 fully saturated rings. The number of nitrogens with one attached hydrogen (secondary N) is 1. The highest BCUT2D eigenvalue weighted by Crippen LogP contribution is 2.40. The summed E-state index contributed by atoms with van der Waals surface area (Å²) >= 11 is 1.84. The molecule has 1 aliphatic heterocycles. The Bertz CT molecular complexity index is 276. The lowest BCUT2D eigenvalue weighted by Crippen LogP contribution is -2.62. The number of hydrogen-bond donors (Lipinski definition) is 2. The van der Waals surface area contributed by atoms with Crippen molar-refractivity contribution in [2.75, 3.05) is 11.5 Å². The van der Waals surface area contributed by atoms with Crippen molar-refractivity contribution in [2.45, 2.75) is 44.7 Å². The summed E-state index contributed by atoms with van der Waals surface area (Å²) in [5, 5.41) is 3.47. The van der Waals surface area contributed by atoms with Crippen molar-refractivity contribution in [3.8, 4) is 0 Å². The summed E-state index contributed by atoms with van der Waals surface area (Å²) in [4.78, 5) is 11.7. The summed E-state index contributed by atoms with van der Waals surface area (Å²) in [6.45, 7) is 4.43. The fourth-order valence-corrected chi connectivity index (χ4v) is 3.79. The first kappa shape index (κ1) is 11.3. The van der Waals surface area contributed by atoms with Crippen LogP contribution in [0.3, 0.4) is 0 Å². The molecule has 3 nitrogen and oxygen atoms in total. The third kappa shape index (κ3) is 2.48. The van der Waals surface area contributed by atoms with E-state index in [-0.39, 0.29) is 11.3 Å². The van der Waals surface area contributed by atoms with Gasteiger partial charge in [-0.2, -0.15) is 11.8 Å². The number of hydrogen-bond acceptors (Lipinski definition) is 3. The Hall–Kier alpha value is -0.220. The molecule has 1 saturated heterocycles. The summed E-state index contributed by atoms with van der Waals surface area (Å²) in [5.74, 6) is 1.78. The second-order valence-electron chi connectivity index (χ2n) is 5.70. The van der Waals surface area contributed by atoms with E-state index in [1.165, 1.54) is 12.8 Å². The van der Waals surface area contributed by atoms with Crippen molar-refractivity contribution >= 4 is 17.7 Å².